The van der Waals surface area contributed by atoms with Crippen molar-refractivity contribution in [3.05, 3.63) is 336 Å². The van der Waals surface area contributed by atoms with Crippen molar-refractivity contribution in [2.45, 2.75) is 0 Å². The van der Waals surface area contributed by atoms with Gasteiger partial charge in [0, 0.05) is 65.0 Å². The van der Waals surface area contributed by atoms with E-state index in [1.165, 1.54) is 0 Å². The molecule has 0 aliphatic heterocycles. The lowest BCUT2D eigenvalue weighted by Gasteiger charge is -2.18. The fourth-order valence-electron chi connectivity index (χ4n) is 10.6. The molecule has 13 aromatic rings. The largest absolute Gasteiger partial charge is 0.256 e. The Morgan fingerprint density at radius 3 is 0.767 bits per heavy atom. The molecule has 0 radical (unpaired) electrons. The van der Waals surface area contributed by atoms with E-state index in [1.54, 1.807) is 12.4 Å². The van der Waals surface area contributed by atoms with Crippen molar-refractivity contribution in [3.8, 4) is 89.8 Å². The molecule has 0 aliphatic rings. The van der Waals surface area contributed by atoms with Crippen molar-refractivity contribution < 1.29 is 0 Å². The van der Waals surface area contributed by atoms with E-state index in [1.807, 2.05) is 104 Å². The van der Waals surface area contributed by atoms with Gasteiger partial charge in [0.2, 0.25) is 0 Å². The molecule has 0 spiro atoms. The quantitative estimate of drug-likeness (QED) is 0.0897. The van der Waals surface area contributed by atoms with Crippen LogP contribution < -0.4 is 0 Å². The number of hydrogen-bond donors (Lipinski definition) is 0. The van der Waals surface area contributed by atoms with Crippen LogP contribution in [0.5, 0.6) is 0 Å². The van der Waals surface area contributed by atoms with E-state index in [-0.39, 0.29) is 0 Å². The summed E-state index contributed by atoms with van der Waals surface area (Å²) in [6, 6.07) is 89.2. The first-order chi connectivity index (χ1) is 42.6. The molecule has 6 heteroatoms. The summed E-state index contributed by atoms with van der Waals surface area (Å²) in [6.07, 6.45) is 28.5. The molecule has 86 heavy (non-hydrogen) atoms. The summed E-state index contributed by atoms with van der Waals surface area (Å²) >= 11 is 0. The highest BCUT2D eigenvalue weighted by Crippen LogP contribution is 2.42. The molecular weight excluding hydrogens is 1040 g/mol. The Balaban J connectivity index is 0.934. The third-order valence-corrected chi connectivity index (χ3v) is 15.0. The summed E-state index contributed by atoms with van der Waals surface area (Å²) in [6.45, 7) is 0. The zero-order chi connectivity index (χ0) is 57.7. The van der Waals surface area contributed by atoms with Gasteiger partial charge in [-0.15, -0.1) is 0 Å². The fraction of sp³-hybridized carbons (Fsp3) is 0. The van der Waals surface area contributed by atoms with E-state index in [0.717, 1.165) is 128 Å². The second-order valence-electron chi connectivity index (χ2n) is 20.8. The summed E-state index contributed by atoms with van der Waals surface area (Å²) in [5.74, 6) is 0.676. The van der Waals surface area contributed by atoms with Crippen LogP contribution in [0.4, 0.5) is 0 Å². The van der Waals surface area contributed by atoms with E-state index in [0.29, 0.717) is 5.82 Å². The summed E-state index contributed by atoms with van der Waals surface area (Å²) in [7, 11) is 0. The van der Waals surface area contributed by atoms with Gasteiger partial charge in [0.05, 0.1) is 22.8 Å². The molecule has 0 saturated carbocycles. The lowest BCUT2D eigenvalue weighted by atomic mass is 9.85. The maximum atomic E-state index is 4.60. The third-order valence-electron chi connectivity index (χ3n) is 15.0. The van der Waals surface area contributed by atoms with Crippen LogP contribution in [0.25, 0.3) is 138 Å². The van der Waals surface area contributed by atoms with Crippen molar-refractivity contribution >= 4 is 48.6 Å². The van der Waals surface area contributed by atoms with Gasteiger partial charge in [-0.25, -0.2) is 9.97 Å². The average molecular weight is 1100 g/mol. The number of hydrogen-bond acceptors (Lipinski definition) is 6. The van der Waals surface area contributed by atoms with Crippen LogP contribution in [0.2, 0.25) is 0 Å². The normalized spacial score (nSPS) is 11.5. The van der Waals surface area contributed by atoms with Gasteiger partial charge in [-0.2, -0.15) is 0 Å². The second kappa shape index (κ2) is 25.7. The number of benzene rings is 8. The SMILES string of the molecule is C(=Cc1cc(C=Cc2ccc(-c3ccccn3)cc2)cc(-c2cccc(-c3cc(C=Cc4ccc(-c5ccccn5)cc4)cc(/C=C\c4ccc(-c5ccccn5)cc4)c3)c2-c2ccc(-c3ncccn3)cc2)c1)c1ccc(-c2ccccn2)cc1. The predicted molar refractivity (Wildman–Crippen MR) is 358 cm³/mol. The molecule has 6 nitrogen and oxygen atoms in total. The van der Waals surface area contributed by atoms with Crippen LogP contribution in [0.15, 0.2) is 292 Å². The Kier molecular flexibility index (Phi) is 16.0. The van der Waals surface area contributed by atoms with Crippen molar-refractivity contribution in [1.29, 1.82) is 0 Å². The van der Waals surface area contributed by atoms with Gasteiger partial charge >= 0.3 is 0 Å². The van der Waals surface area contributed by atoms with E-state index in [4.69, 9.17) is 0 Å². The van der Waals surface area contributed by atoms with Crippen LogP contribution in [-0.2, 0) is 0 Å². The maximum absolute atomic E-state index is 4.60. The minimum absolute atomic E-state index is 0.676. The summed E-state index contributed by atoms with van der Waals surface area (Å²) in [5.41, 5.74) is 24.1. The molecule has 0 amide bonds. The van der Waals surface area contributed by atoms with Crippen LogP contribution in [0.3, 0.4) is 0 Å². The van der Waals surface area contributed by atoms with Crippen LogP contribution in [0, 0.1) is 0 Å². The van der Waals surface area contributed by atoms with Gasteiger partial charge in [0.1, 0.15) is 0 Å². The molecule has 13 rings (SSSR count). The molecule has 5 heterocycles. The second-order valence-corrected chi connectivity index (χ2v) is 20.8. The summed E-state index contributed by atoms with van der Waals surface area (Å²) in [5, 5.41) is 0. The van der Waals surface area contributed by atoms with Gasteiger partial charge in [0.15, 0.2) is 5.82 Å². The first kappa shape index (κ1) is 53.7. The molecular formula is C80H56N6. The van der Waals surface area contributed by atoms with Crippen LogP contribution >= 0.6 is 0 Å². The van der Waals surface area contributed by atoms with Gasteiger partial charge in [-0.3, -0.25) is 19.9 Å². The Labute approximate surface area is 502 Å². The van der Waals surface area contributed by atoms with Crippen LogP contribution in [-0.4, -0.2) is 29.9 Å². The molecule has 0 bridgehead atoms. The van der Waals surface area contributed by atoms with Crippen molar-refractivity contribution in [1.82, 2.24) is 29.9 Å². The molecule has 0 atom stereocenters. The van der Waals surface area contributed by atoms with Gasteiger partial charge in [0.25, 0.3) is 0 Å². The van der Waals surface area contributed by atoms with Gasteiger partial charge in [-0.05, 0) is 169 Å². The Hall–Kier alpha value is -11.6. The van der Waals surface area contributed by atoms with Crippen LogP contribution in [0.1, 0.15) is 44.5 Å². The van der Waals surface area contributed by atoms with Crippen molar-refractivity contribution in [3.63, 3.8) is 0 Å². The molecule has 5 aromatic heterocycles. The highest BCUT2D eigenvalue weighted by molar-refractivity contribution is 5.97. The smallest absolute Gasteiger partial charge is 0.159 e. The Bertz CT molecular complexity index is 4050. The van der Waals surface area contributed by atoms with E-state index in [9.17, 15) is 0 Å². The molecule has 406 valence electrons. The molecule has 0 saturated heterocycles. The molecule has 0 aliphatic carbocycles. The number of pyridine rings is 4. The van der Waals surface area contributed by atoms with Gasteiger partial charge < -0.3 is 0 Å². The summed E-state index contributed by atoms with van der Waals surface area (Å²) in [4.78, 5) is 27.5. The van der Waals surface area contributed by atoms with Crippen molar-refractivity contribution in [2.24, 2.45) is 0 Å². The number of nitrogens with zero attached hydrogens (tertiary/aromatic N) is 6. The summed E-state index contributed by atoms with van der Waals surface area (Å²) < 4.78 is 0. The zero-order valence-electron chi connectivity index (χ0n) is 47.0. The number of rotatable bonds is 16. The van der Waals surface area contributed by atoms with E-state index >= 15 is 0 Å². The molecule has 0 N–H and O–H groups in total. The van der Waals surface area contributed by atoms with Crippen molar-refractivity contribution in [2.75, 3.05) is 0 Å². The Morgan fingerprint density at radius 1 is 0.186 bits per heavy atom. The minimum atomic E-state index is 0.676. The predicted octanol–water partition coefficient (Wildman–Crippen LogP) is 20.1. The number of aromatic nitrogens is 6. The molecule has 0 fully saturated rings. The average Bonchev–Trinajstić information content (AvgIpc) is 3.23. The minimum Gasteiger partial charge on any atom is -0.256 e. The maximum Gasteiger partial charge on any atom is 0.159 e. The Morgan fingerprint density at radius 2 is 0.465 bits per heavy atom. The highest BCUT2D eigenvalue weighted by Gasteiger charge is 2.17. The first-order valence-electron chi connectivity index (χ1n) is 28.7. The molecule has 8 aromatic carbocycles. The lowest BCUT2D eigenvalue weighted by molar-refractivity contribution is 1.18. The topological polar surface area (TPSA) is 77.3 Å². The van der Waals surface area contributed by atoms with Gasteiger partial charge in [-0.1, -0.05) is 212 Å². The highest BCUT2D eigenvalue weighted by atomic mass is 14.8. The molecule has 0 unspecified atom stereocenters. The van der Waals surface area contributed by atoms with E-state index in [2.05, 4.69) is 254 Å². The lowest BCUT2D eigenvalue weighted by Crippen LogP contribution is -1.94. The standard InChI is InChI=1S/C80H56N6/c1-5-45-81-75(13-1)65-33-25-57(26-34-65)17-21-61-51-62(22-18-58-27-35-66(36-28-58)76-14-2-6-46-82-76)54-71(53-61)73-11-9-12-74(79(73)69-41-43-70(44-42-69)80-85-49-10-50-86-80)72-55-63(23-19-59-29-37-67(38-30-59)77-15-3-7-47-83-77)52-64(56-72)24-20-60-31-39-68(40-32-60)78-16-4-8-48-84-78/h1-56H/b21-17-,22-18?,23-19?,24-20?. The fourth-order valence-corrected chi connectivity index (χ4v) is 10.6. The first-order valence-corrected chi connectivity index (χ1v) is 28.7. The zero-order valence-corrected chi connectivity index (χ0v) is 47.0. The monoisotopic (exact) mass is 1100 g/mol. The van der Waals surface area contributed by atoms with E-state index < -0.39 is 0 Å². The third kappa shape index (κ3) is 13.0.